The van der Waals surface area contributed by atoms with Gasteiger partial charge in [-0.05, 0) is 38.4 Å². The summed E-state index contributed by atoms with van der Waals surface area (Å²) in [6, 6.07) is 6.48. The summed E-state index contributed by atoms with van der Waals surface area (Å²) < 4.78 is 6.03. The number of hydrogen-bond donors (Lipinski definition) is 1. The fourth-order valence-corrected chi connectivity index (χ4v) is 2.79. The van der Waals surface area contributed by atoms with Crippen molar-refractivity contribution in [2.24, 2.45) is 0 Å². The first kappa shape index (κ1) is 13.5. The van der Waals surface area contributed by atoms with E-state index in [1.165, 1.54) is 6.42 Å². The lowest BCUT2D eigenvalue weighted by Gasteiger charge is -2.29. The van der Waals surface area contributed by atoms with E-state index < -0.39 is 0 Å². The minimum absolute atomic E-state index is 0.317. The van der Waals surface area contributed by atoms with Gasteiger partial charge in [0.25, 0.3) is 0 Å². The Bertz CT molecular complexity index is 355. The Hall–Kier alpha value is -0.930. The summed E-state index contributed by atoms with van der Waals surface area (Å²) in [7, 11) is 0. The molecule has 1 saturated heterocycles. The van der Waals surface area contributed by atoms with Crippen LogP contribution in [0.3, 0.4) is 0 Å². The monoisotopic (exact) mass is 248 g/mol. The Kier molecular flexibility index (Phi) is 4.72. The van der Waals surface area contributed by atoms with Crippen LogP contribution in [0.25, 0.3) is 0 Å². The SMILES string of the molecule is CCNC(C1CCC(C)O1)C(C)c1ccccn1. The van der Waals surface area contributed by atoms with E-state index in [9.17, 15) is 0 Å². The lowest BCUT2D eigenvalue weighted by atomic mass is 9.91. The van der Waals surface area contributed by atoms with Gasteiger partial charge in [0.05, 0.1) is 12.2 Å². The summed E-state index contributed by atoms with van der Waals surface area (Å²) in [6.07, 6.45) is 4.90. The molecule has 1 aromatic heterocycles. The minimum atomic E-state index is 0.317. The average Bonchev–Trinajstić information content (AvgIpc) is 2.82. The number of rotatable bonds is 5. The van der Waals surface area contributed by atoms with Crippen molar-refractivity contribution in [2.75, 3.05) is 6.54 Å². The van der Waals surface area contributed by atoms with Gasteiger partial charge in [-0.25, -0.2) is 0 Å². The number of nitrogens with zero attached hydrogens (tertiary/aromatic N) is 1. The van der Waals surface area contributed by atoms with Crippen LogP contribution in [0.4, 0.5) is 0 Å². The van der Waals surface area contributed by atoms with Gasteiger partial charge < -0.3 is 10.1 Å². The lowest BCUT2D eigenvalue weighted by molar-refractivity contribution is 0.0268. The third-order valence-electron chi connectivity index (χ3n) is 3.80. The molecule has 0 spiro atoms. The topological polar surface area (TPSA) is 34.1 Å². The van der Waals surface area contributed by atoms with Crippen LogP contribution in [0.2, 0.25) is 0 Å². The van der Waals surface area contributed by atoms with Crippen LogP contribution in [0.15, 0.2) is 24.4 Å². The van der Waals surface area contributed by atoms with E-state index in [4.69, 9.17) is 4.74 Å². The highest BCUT2D eigenvalue weighted by atomic mass is 16.5. The van der Waals surface area contributed by atoms with Gasteiger partial charge in [0.1, 0.15) is 0 Å². The Balaban J connectivity index is 2.09. The zero-order valence-corrected chi connectivity index (χ0v) is 11.6. The lowest BCUT2D eigenvalue weighted by Crippen LogP contribution is -2.43. The van der Waals surface area contributed by atoms with Gasteiger partial charge in [0.2, 0.25) is 0 Å². The normalized spacial score (nSPS) is 27.1. The van der Waals surface area contributed by atoms with Crippen molar-refractivity contribution < 1.29 is 4.74 Å². The number of pyridine rings is 1. The Morgan fingerprint density at radius 3 is 2.83 bits per heavy atom. The highest BCUT2D eigenvalue weighted by Gasteiger charge is 2.33. The maximum Gasteiger partial charge on any atom is 0.0739 e. The minimum Gasteiger partial charge on any atom is -0.374 e. The van der Waals surface area contributed by atoms with E-state index in [1.54, 1.807) is 0 Å². The molecule has 1 aliphatic rings. The highest BCUT2D eigenvalue weighted by Crippen LogP contribution is 2.28. The molecular formula is C15H24N2O. The Morgan fingerprint density at radius 2 is 2.28 bits per heavy atom. The molecule has 18 heavy (non-hydrogen) atoms. The third kappa shape index (κ3) is 3.09. The van der Waals surface area contributed by atoms with Gasteiger partial charge in [-0.1, -0.05) is 19.9 Å². The van der Waals surface area contributed by atoms with Crippen molar-refractivity contribution >= 4 is 0 Å². The van der Waals surface area contributed by atoms with Crippen LogP contribution in [-0.4, -0.2) is 29.8 Å². The summed E-state index contributed by atoms with van der Waals surface area (Å²) in [5, 5.41) is 3.58. The third-order valence-corrected chi connectivity index (χ3v) is 3.80. The molecule has 3 nitrogen and oxygen atoms in total. The van der Waals surface area contributed by atoms with Gasteiger partial charge in [-0.3, -0.25) is 4.98 Å². The molecule has 0 aromatic carbocycles. The molecule has 1 N–H and O–H groups in total. The first-order valence-corrected chi connectivity index (χ1v) is 7.02. The van der Waals surface area contributed by atoms with Crippen LogP contribution < -0.4 is 5.32 Å². The molecule has 4 atom stereocenters. The zero-order valence-electron chi connectivity index (χ0n) is 11.6. The summed E-state index contributed by atoms with van der Waals surface area (Å²) in [5.74, 6) is 0.376. The van der Waals surface area contributed by atoms with Crippen molar-refractivity contribution in [3.05, 3.63) is 30.1 Å². The average molecular weight is 248 g/mol. The van der Waals surface area contributed by atoms with Crippen molar-refractivity contribution in [1.82, 2.24) is 10.3 Å². The molecule has 1 aromatic rings. The molecule has 2 rings (SSSR count). The standard InChI is InChI=1S/C15H24N2O/c1-4-16-15(14-9-8-11(2)18-14)12(3)13-7-5-6-10-17-13/h5-7,10-12,14-16H,4,8-9H2,1-3H3. The maximum absolute atomic E-state index is 6.03. The Labute approximate surface area is 110 Å². The summed E-state index contributed by atoms with van der Waals surface area (Å²) in [5.41, 5.74) is 1.15. The molecule has 4 unspecified atom stereocenters. The van der Waals surface area contributed by atoms with Crippen molar-refractivity contribution in [1.29, 1.82) is 0 Å². The molecule has 1 fully saturated rings. The number of nitrogens with one attached hydrogen (secondary N) is 1. The summed E-state index contributed by atoms with van der Waals surface area (Å²) >= 11 is 0. The number of likely N-dealkylation sites (N-methyl/N-ethyl adjacent to an activating group) is 1. The molecule has 0 saturated carbocycles. The van der Waals surface area contributed by atoms with Gasteiger partial charge in [-0.15, -0.1) is 0 Å². The van der Waals surface area contributed by atoms with E-state index in [1.807, 2.05) is 12.3 Å². The van der Waals surface area contributed by atoms with Gasteiger partial charge in [0.15, 0.2) is 0 Å². The number of hydrogen-bond acceptors (Lipinski definition) is 3. The zero-order chi connectivity index (χ0) is 13.0. The van der Waals surface area contributed by atoms with Crippen LogP contribution in [0.5, 0.6) is 0 Å². The van der Waals surface area contributed by atoms with Gasteiger partial charge in [-0.2, -0.15) is 0 Å². The largest absolute Gasteiger partial charge is 0.374 e. The smallest absolute Gasteiger partial charge is 0.0739 e. The molecule has 0 aliphatic carbocycles. The summed E-state index contributed by atoms with van der Waals surface area (Å²) in [4.78, 5) is 4.48. The summed E-state index contributed by atoms with van der Waals surface area (Å²) in [6.45, 7) is 7.52. The van der Waals surface area contributed by atoms with E-state index in [2.05, 4.69) is 43.2 Å². The van der Waals surface area contributed by atoms with Crippen LogP contribution in [-0.2, 0) is 4.74 Å². The molecule has 100 valence electrons. The number of aromatic nitrogens is 1. The quantitative estimate of drug-likeness (QED) is 0.870. The fourth-order valence-electron chi connectivity index (χ4n) is 2.79. The predicted octanol–water partition coefficient (Wildman–Crippen LogP) is 2.73. The van der Waals surface area contributed by atoms with Gasteiger partial charge >= 0.3 is 0 Å². The van der Waals surface area contributed by atoms with Crippen molar-refractivity contribution in [3.63, 3.8) is 0 Å². The van der Waals surface area contributed by atoms with E-state index in [0.717, 1.165) is 18.7 Å². The molecule has 3 heteroatoms. The molecule has 2 heterocycles. The molecule has 1 aliphatic heterocycles. The van der Waals surface area contributed by atoms with Gasteiger partial charge in [0, 0.05) is 23.9 Å². The van der Waals surface area contributed by atoms with E-state index >= 15 is 0 Å². The number of ether oxygens (including phenoxy) is 1. The second-order valence-corrected chi connectivity index (χ2v) is 5.19. The second-order valence-electron chi connectivity index (χ2n) is 5.19. The van der Waals surface area contributed by atoms with Crippen molar-refractivity contribution in [2.45, 2.75) is 57.8 Å². The molecular weight excluding hydrogens is 224 g/mol. The predicted molar refractivity (Wildman–Crippen MR) is 73.7 cm³/mol. The maximum atomic E-state index is 6.03. The molecule has 0 amide bonds. The van der Waals surface area contributed by atoms with E-state index in [-0.39, 0.29) is 0 Å². The fraction of sp³-hybridized carbons (Fsp3) is 0.667. The first-order valence-electron chi connectivity index (χ1n) is 7.02. The Morgan fingerprint density at radius 1 is 1.44 bits per heavy atom. The molecule has 0 bridgehead atoms. The highest BCUT2D eigenvalue weighted by molar-refractivity contribution is 5.12. The van der Waals surface area contributed by atoms with Crippen LogP contribution in [0.1, 0.15) is 45.2 Å². The van der Waals surface area contributed by atoms with Crippen molar-refractivity contribution in [3.8, 4) is 0 Å². The van der Waals surface area contributed by atoms with Crippen LogP contribution in [0, 0.1) is 0 Å². The first-order chi connectivity index (χ1) is 8.72. The van der Waals surface area contributed by atoms with E-state index in [0.29, 0.717) is 24.2 Å². The second kappa shape index (κ2) is 6.30. The molecule has 0 radical (unpaired) electrons. The van der Waals surface area contributed by atoms with Crippen LogP contribution >= 0.6 is 0 Å².